The van der Waals surface area contributed by atoms with Crippen LogP contribution < -0.4 is 0 Å². The summed E-state index contributed by atoms with van der Waals surface area (Å²) in [7, 11) is 0. The number of hydrogen-bond donors (Lipinski definition) is 2. The van der Waals surface area contributed by atoms with Crippen LogP contribution in [0.5, 0.6) is 0 Å². The number of morpholine rings is 1. The van der Waals surface area contributed by atoms with Crippen molar-refractivity contribution in [1.82, 2.24) is 19.4 Å². The largest absolute Gasteiger partial charge is 0.490 e. The Kier molecular flexibility index (Phi) is 11.3. The Labute approximate surface area is 220 Å². The smallest absolute Gasteiger partial charge is 0.475 e. The van der Waals surface area contributed by atoms with E-state index in [4.69, 9.17) is 29.5 Å². The average molecular weight is 569 g/mol. The van der Waals surface area contributed by atoms with Gasteiger partial charge in [0.1, 0.15) is 5.82 Å². The fourth-order valence-electron chi connectivity index (χ4n) is 3.72. The van der Waals surface area contributed by atoms with Crippen LogP contribution in [0.1, 0.15) is 28.2 Å². The van der Waals surface area contributed by atoms with Crippen LogP contribution in [0.25, 0.3) is 0 Å². The van der Waals surface area contributed by atoms with Crippen LogP contribution in [0.15, 0.2) is 24.4 Å². The molecule has 1 aromatic carbocycles. The van der Waals surface area contributed by atoms with Gasteiger partial charge < -0.3 is 19.5 Å². The van der Waals surface area contributed by atoms with Crippen molar-refractivity contribution in [2.45, 2.75) is 52.4 Å². The molecule has 15 heteroatoms. The molecule has 0 spiro atoms. The number of carbonyl (C=O) groups is 2. The van der Waals surface area contributed by atoms with E-state index in [1.807, 2.05) is 0 Å². The molecule has 39 heavy (non-hydrogen) atoms. The number of ether oxygens (including phenoxy) is 1. The van der Waals surface area contributed by atoms with Crippen molar-refractivity contribution in [3.8, 4) is 0 Å². The van der Waals surface area contributed by atoms with E-state index in [-0.39, 0.29) is 0 Å². The first kappa shape index (κ1) is 32.0. The molecule has 2 aliphatic heterocycles. The van der Waals surface area contributed by atoms with E-state index < -0.39 is 24.3 Å². The van der Waals surface area contributed by atoms with Crippen molar-refractivity contribution in [2.24, 2.45) is 0 Å². The molecule has 1 aromatic heterocycles. The van der Waals surface area contributed by atoms with E-state index in [1.54, 1.807) is 0 Å². The van der Waals surface area contributed by atoms with Crippen LogP contribution in [0.4, 0.5) is 26.3 Å². The van der Waals surface area contributed by atoms with Gasteiger partial charge in [-0.05, 0) is 30.5 Å². The number of nitrogens with zero attached hydrogens (tertiary/aromatic N) is 4. The van der Waals surface area contributed by atoms with Gasteiger partial charge in [-0.2, -0.15) is 26.3 Å². The quantitative estimate of drug-likeness (QED) is 0.539. The molecule has 3 heterocycles. The molecule has 1 saturated heterocycles. The molecular weight excluding hydrogens is 538 g/mol. The third-order valence-electron chi connectivity index (χ3n) is 5.88. The van der Waals surface area contributed by atoms with E-state index in [2.05, 4.69) is 52.6 Å². The summed E-state index contributed by atoms with van der Waals surface area (Å²) in [5, 5.41) is 14.2. The zero-order chi connectivity index (χ0) is 29.4. The fraction of sp³-hybridized carbons (Fsp3) is 0.542. The van der Waals surface area contributed by atoms with Gasteiger partial charge in [-0.3, -0.25) is 9.80 Å². The number of carboxylic acid groups (broad SMARTS) is 2. The molecule has 0 saturated carbocycles. The van der Waals surface area contributed by atoms with Crippen LogP contribution in [0.3, 0.4) is 0 Å². The zero-order valence-corrected chi connectivity index (χ0v) is 21.3. The second-order valence-corrected chi connectivity index (χ2v) is 8.97. The number of carboxylic acids is 2. The van der Waals surface area contributed by atoms with Gasteiger partial charge in [-0.1, -0.05) is 18.2 Å². The maximum absolute atomic E-state index is 10.6. The van der Waals surface area contributed by atoms with Gasteiger partial charge >= 0.3 is 24.3 Å². The number of aromatic nitrogens is 2. The first-order valence-electron chi connectivity index (χ1n) is 11.8. The van der Waals surface area contributed by atoms with Crippen molar-refractivity contribution in [2.75, 3.05) is 32.8 Å². The Hall–Kier alpha value is -3.17. The number of fused-ring (bicyclic) bond motifs is 1. The Balaban J connectivity index is 0.000000317. The third-order valence-corrected chi connectivity index (χ3v) is 5.88. The molecule has 0 unspecified atom stereocenters. The molecule has 0 atom stereocenters. The summed E-state index contributed by atoms with van der Waals surface area (Å²) >= 11 is 0. The van der Waals surface area contributed by atoms with Gasteiger partial charge in [0, 0.05) is 45.5 Å². The summed E-state index contributed by atoms with van der Waals surface area (Å²) in [6.45, 7) is 13.1. The fourth-order valence-corrected chi connectivity index (χ4v) is 3.72. The number of hydrogen-bond acceptors (Lipinski definition) is 6. The summed E-state index contributed by atoms with van der Waals surface area (Å²) in [6.07, 6.45) is -7.92. The standard InChI is InChI=1S/C20H28N4O.2C2HF3O2/c1-16-3-4-18(11-17(16)2)12-23-5-6-24-14-19(21-20(24)15-23)13-22-7-9-25-10-8-22;2*3-2(4,5)1(6)7/h3-4,11,14H,5-10,12-13,15H2,1-2H3;2*(H,6,7). The van der Waals surface area contributed by atoms with Gasteiger partial charge in [-0.25, -0.2) is 14.6 Å². The van der Waals surface area contributed by atoms with E-state index in [1.165, 1.54) is 28.2 Å². The van der Waals surface area contributed by atoms with E-state index in [9.17, 15) is 26.3 Å². The second-order valence-electron chi connectivity index (χ2n) is 8.97. The topological polar surface area (TPSA) is 108 Å². The molecule has 0 radical (unpaired) electrons. The van der Waals surface area contributed by atoms with Gasteiger partial charge in [0.25, 0.3) is 0 Å². The second kappa shape index (κ2) is 13.8. The molecule has 2 aromatic rings. The average Bonchev–Trinajstić information content (AvgIpc) is 3.23. The predicted molar refractivity (Wildman–Crippen MR) is 126 cm³/mol. The molecule has 1 fully saturated rings. The molecule has 0 aliphatic carbocycles. The number of aryl methyl sites for hydroxylation is 2. The van der Waals surface area contributed by atoms with Crippen molar-refractivity contribution in [3.63, 3.8) is 0 Å². The highest BCUT2D eigenvalue weighted by Gasteiger charge is 2.38. The lowest BCUT2D eigenvalue weighted by Gasteiger charge is -2.27. The molecule has 4 rings (SSSR count). The molecular formula is C24H30F6N4O5. The number of benzene rings is 1. The maximum atomic E-state index is 10.6. The Morgan fingerprint density at radius 1 is 0.872 bits per heavy atom. The van der Waals surface area contributed by atoms with Gasteiger partial charge in [0.15, 0.2) is 0 Å². The summed E-state index contributed by atoms with van der Waals surface area (Å²) in [5.74, 6) is -4.31. The number of imidazole rings is 1. The summed E-state index contributed by atoms with van der Waals surface area (Å²) in [4.78, 5) is 27.6. The van der Waals surface area contributed by atoms with E-state index in [0.717, 1.165) is 59.0 Å². The molecule has 9 nitrogen and oxygen atoms in total. The third kappa shape index (κ3) is 10.8. The Morgan fingerprint density at radius 3 is 1.95 bits per heavy atom. The minimum atomic E-state index is -5.08. The van der Waals surface area contributed by atoms with Crippen molar-refractivity contribution in [3.05, 3.63) is 52.6 Å². The monoisotopic (exact) mass is 568 g/mol. The summed E-state index contributed by atoms with van der Waals surface area (Å²) in [6, 6.07) is 6.81. The molecule has 2 N–H and O–H groups in total. The first-order chi connectivity index (χ1) is 18.1. The van der Waals surface area contributed by atoms with Crippen LogP contribution in [0.2, 0.25) is 0 Å². The normalized spacial score (nSPS) is 16.3. The predicted octanol–water partition coefficient (Wildman–Crippen LogP) is 3.61. The van der Waals surface area contributed by atoms with Crippen LogP contribution in [0, 0.1) is 13.8 Å². The lowest BCUT2D eigenvalue weighted by atomic mass is 10.1. The maximum Gasteiger partial charge on any atom is 0.490 e. The highest BCUT2D eigenvalue weighted by molar-refractivity contribution is 5.73. The lowest BCUT2D eigenvalue weighted by molar-refractivity contribution is -0.193. The minimum absolute atomic E-state index is 0.845. The van der Waals surface area contributed by atoms with Crippen molar-refractivity contribution in [1.29, 1.82) is 0 Å². The zero-order valence-electron chi connectivity index (χ0n) is 21.3. The molecule has 2 aliphatic rings. The summed E-state index contributed by atoms with van der Waals surface area (Å²) < 4.78 is 71.2. The van der Waals surface area contributed by atoms with Crippen LogP contribution in [-0.4, -0.2) is 86.7 Å². The number of alkyl halides is 6. The number of aliphatic carboxylic acids is 2. The van der Waals surface area contributed by atoms with Crippen molar-refractivity contribution < 1.29 is 50.9 Å². The van der Waals surface area contributed by atoms with Crippen molar-refractivity contribution >= 4 is 11.9 Å². The molecule has 218 valence electrons. The summed E-state index contributed by atoms with van der Waals surface area (Å²) in [5.41, 5.74) is 5.34. The molecule has 0 amide bonds. The van der Waals surface area contributed by atoms with E-state index in [0.29, 0.717) is 0 Å². The number of halogens is 6. The van der Waals surface area contributed by atoms with Gasteiger partial charge in [-0.15, -0.1) is 0 Å². The number of rotatable bonds is 4. The van der Waals surface area contributed by atoms with Crippen LogP contribution in [-0.2, 0) is 40.5 Å². The van der Waals surface area contributed by atoms with Crippen LogP contribution >= 0.6 is 0 Å². The Morgan fingerprint density at radius 2 is 1.44 bits per heavy atom. The molecule has 0 bridgehead atoms. The minimum Gasteiger partial charge on any atom is -0.475 e. The van der Waals surface area contributed by atoms with E-state index >= 15 is 0 Å². The highest BCUT2D eigenvalue weighted by Crippen LogP contribution is 2.18. The highest BCUT2D eigenvalue weighted by atomic mass is 19.4. The van der Waals surface area contributed by atoms with Gasteiger partial charge in [0.2, 0.25) is 0 Å². The SMILES string of the molecule is Cc1ccc(CN2CCn3cc(CN4CCOCC4)nc3C2)cc1C.O=C(O)C(F)(F)F.O=C(O)C(F)(F)F. The Bertz CT molecular complexity index is 1090. The van der Waals surface area contributed by atoms with Gasteiger partial charge in [0.05, 0.1) is 25.5 Å². The lowest BCUT2D eigenvalue weighted by Crippen LogP contribution is -2.35. The first-order valence-corrected chi connectivity index (χ1v) is 11.8.